The number of methoxy groups -OCH3 is 1. The molecule has 1 aliphatic heterocycles. The maximum Gasteiger partial charge on any atom is 0.142 e. The van der Waals surface area contributed by atoms with Crippen molar-refractivity contribution in [3.05, 3.63) is 24.3 Å². The molecule has 1 heterocycles. The fourth-order valence-electron chi connectivity index (χ4n) is 2.84. The van der Waals surface area contributed by atoms with Crippen LogP contribution in [0.1, 0.15) is 0 Å². The van der Waals surface area contributed by atoms with E-state index >= 15 is 0 Å². The van der Waals surface area contributed by atoms with Crippen molar-refractivity contribution in [2.45, 2.75) is 6.10 Å². The number of ether oxygens (including phenoxy) is 1. The zero-order valence-corrected chi connectivity index (χ0v) is 13.3. The minimum atomic E-state index is -0.280. The molecule has 0 aromatic heterocycles. The van der Waals surface area contributed by atoms with Gasteiger partial charge in [0.15, 0.2) is 0 Å². The summed E-state index contributed by atoms with van der Waals surface area (Å²) < 4.78 is 5.43. The summed E-state index contributed by atoms with van der Waals surface area (Å²) >= 11 is 0. The molecule has 0 radical (unpaired) electrons. The van der Waals surface area contributed by atoms with Gasteiger partial charge in [-0.15, -0.1) is 0 Å². The van der Waals surface area contributed by atoms with Gasteiger partial charge in [0.25, 0.3) is 0 Å². The zero-order chi connectivity index (χ0) is 15.2. The van der Waals surface area contributed by atoms with Gasteiger partial charge < -0.3 is 19.6 Å². The maximum atomic E-state index is 10.0. The van der Waals surface area contributed by atoms with Crippen molar-refractivity contribution in [1.29, 1.82) is 0 Å². The molecule has 1 aromatic carbocycles. The van der Waals surface area contributed by atoms with E-state index in [9.17, 15) is 5.11 Å². The average Bonchev–Trinajstić information content (AvgIpc) is 2.47. The number of hydrogen-bond acceptors (Lipinski definition) is 5. The Labute approximate surface area is 127 Å². The van der Waals surface area contributed by atoms with Gasteiger partial charge in [0.1, 0.15) is 5.75 Å². The molecule has 5 heteroatoms. The highest BCUT2D eigenvalue weighted by atomic mass is 16.5. The predicted octanol–water partition coefficient (Wildman–Crippen LogP) is 0.740. The van der Waals surface area contributed by atoms with Crippen LogP contribution >= 0.6 is 0 Å². The van der Waals surface area contributed by atoms with Crippen molar-refractivity contribution >= 4 is 5.69 Å². The molecule has 1 saturated heterocycles. The zero-order valence-electron chi connectivity index (χ0n) is 13.3. The third kappa shape index (κ3) is 4.59. The Morgan fingerprint density at radius 2 is 1.86 bits per heavy atom. The first-order valence-electron chi connectivity index (χ1n) is 7.53. The monoisotopic (exact) mass is 293 g/mol. The van der Waals surface area contributed by atoms with Crippen molar-refractivity contribution in [3.63, 3.8) is 0 Å². The van der Waals surface area contributed by atoms with Gasteiger partial charge in [-0.05, 0) is 26.2 Å². The van der Waals surface area contributed by atoms with E-state index < -0.39 is 0 Å². The van der Waals surface area contributed by atoms with Gasteiger partial charge in [0.05, 0.1) is 18.9 Å². The summed E-state index contributed by atoms with van der Waals surface area (Å²) in [5.74, 6) is 0.929. The number of aliphatic hydroxyl groups is 1. The summed E-state index contributed by atoms with van der Waals surface area (Å²) in [4.78, 5) is 6.71. The summed E-state index contributed by atoms with van der Waals surface area (Å²) in [7, 11) is 5.69. The Hall–Kier alpha value is -1.30. The standard InChI is InChI=1S/C16H27N3O2/c1-17(2)12-14(20)13-18-8-10-19(11-9-18)15-6-4-5-7-16(15)21-3/h4-7,14,20H,8-13H2,1-3H3/t14-/m1/s1. The minimum absolute atomic E-state index is 0.280. The Kier molecular flexibility index (Phi) is 5.85. The first kappa shape index (κ1) is 16.1. The van der Waals surface area contributed by atoms with Crippen LogP contribution in [0.5, 0.6) is 5.75 Å². The molecule has 5 nitrogen and oxygen atoms in total. The second kappa shape index (κ2) is 7.64. The Morgan fingerprint density at radius 3 is 2.48 bits per heavy atom. The number of likely N-dealkylation sites (N-methyl/N-ethyl adjacent to an activating group) is 1. The van der Waals surface area contributed by atoms with Crippen molar-refractivity contribution in [3.8, 4) is 5.75 Å². The molecule has 118 valence electrons. The predicted molar refractivity (Wildman–Crippen MR) is 86.2 cm³/mol. The summed E-state index contributed by atoms with van der Waals surface area (Å²) in [6, 6.07) is 8.15. The van der Waals surface area contributed by atoms with Gasteiger partial charge in [-0.1, -0.05) is 12.1 Å². The van der Waals surface area contributed by atoms with Gasteiger partial charge in [-0.2, -0.15) is 0 Å². The van der Waals surface area contributed by atoms with Crippen LogP contribution in [0.3, 0.4) is 0 Å². The Bertz CT molecular complexity index is 431. The van der Waals surface area contributed by atoms with Crippen molar-refractivity contribution in [1.82, 2.24) is 9.80 Å². The number of para-hydroxylation sites is 2. The second-order valence-electron chi connectivity index (χ2n) is 5.88. The molecule has 1 fully saturated rings. The van der Waals surface area contributed by atoms with Crippen molar-refractivity contribution in [2.75, 3.05) is 65.4 Å². The molecule has 2 rings (SSSR count). The highest BCUT2D eigenvalue weighted by Gasteiger charge is 2.21. The lowest BCUT2D eigenvalue weighted by molar-refractivity contribution is 0.0860. The molecular weight excluding hydrogens is 266 g/mol. The van der Waals surface area contributed by atoms with E-state index in [0.29, 0.717) is 6.54 Å². The van der Waals surface area contributed by atoms with Gasteiger partial charge in [-0.25, -0.2) is 0 Å². The lowest BCUT2D eigenvalue weighted by Crippen LogP contribution is -2.49. The van der Waals surface area contributed by atoms with E-state index in [2.05, 4.69) is 15.9 Å². The van der Waals surface area contributed by atoms with Gasteiger partial charge >= 0.3 is 0 Å². The second-order valence-corrected chi connectivity index (χ2v) is 5.88. The molecule has 1 aromatic rings. The smallest absolute Gasteiger partial charge is 0.142 e. The Balaban J connectivity index is 1.85. The molecule has 1 aliphatic rings. The normalized spacial score (nSPS) is 18.0. The number of piperazine rings is 1. The largest absolute Gasteiger partial charge is 0.495 e. The topological polar surface area (TPSA) is 39.2 Å². The van der Waals surface area contributed by atoms with Crippen LogP contribution in [0.25, 0.3) is 0 Å². The summed E-state index contributed by atoms with van der Waals surface area (Å²) in [5.41, 5.74) is 1.16. The van der Waals surface area contributed by atoms with Gasteiger partial charge in [-0.3, -0.25) is 4.90 Å². The number of aliphatic hydroxyl groups excluding tert-OH is 1. The van der Waals surface area contributed by atoms with Crippen molar-refractivity contribution in [2.24, 2.45) is 0 Å². The van der Waals surface area contributed by atoms with E-state index in [1.54, 1.807) is 7.11 Å². The molecule has 0 saturated carbocycles. The Morgan fingerprint density at radius 1 is 1.19 bits per heavy atom. The van der Waals surface area contributed by atoms with Crippen molar-refractivity contribution < 1.29 is 9.84 Å². The third-order valence-electron chi connectivity index (χ3n) is 3.84. The molecule has 0 amide bonds. The first-order chi connectivity index (χ1) is 10.1. The summed E-state index contributed by atoms with van der Waals surface area (Å²) in [6.07, 6.45) is -0.280. The summed E-state index contributed by atoms with van der Waals surface area (Å²) in [5, 5.41) is 10.0. The van der Waals surface area contributed by atoms with Crippen LogP contribution in [0, 0.1) is 0 Å². The number of anilines is 1. The van der Waals surface area contributed by atoms with Gasteiger partial charge in [0.2, 0.25) is 0 Å². The first-order valence-corrected chi connectivity index (χ1v) is 7.53. The van der Waals surface area contributed by atoms with E-state index in [0.717, 1.165) is 44.2 Å². The third-order valence-corrected chi connectivity index (χ3v) is 3.84. The van der Waals surface area contributed by atoms with Crippen LogP contribution in [0.2, 0.25) is 0 Å². The fraction of sp³-hybridized carbons (Fsp3) is 0.625. The molecule has 0 unspecified atom stereocenters. The fourth-order valence-corrected chi connectivity index (χ4v) is 2.84. The average molecular weight is 293 g/mol. The highest BCUT2D eigenvalue weighted by Crippen LogP contribution is 2.28. The number of hydrogen-bond donors (Lipinski definition) is 1. The SMILES string of the molecule is COc1ccccc1N1CCN(C[C@H](O)CN(C)C)CC1. The van der Waals surface area contributed by atoms with E-state index in [-0.39, 0.29) is 6.10 Å². The van der Waals surface area contributed by atoms with Crippen LogP contribution in [-0.2, 0) is 0 Å². The lowest BCUT2D eigenvalue weighted by Gasteiger charge is -2.37. The highest BCUT2D eigenvalue weighted by molar-refractivity contribution is 5.58. The van der Waals surface area contributed by atoms with E-state index in [4.69, 9.17) is 4.74 Å². The van der Waals surface area contributed by atoms with E-state index in [1.807, 2.05) is 37.2 Å². The molecule has 1 N–H and O–H groups in total. The number of β-amino-alcohol motifs (C(OH)–C–C–N with tert-alkyl or cyclic N) is 1. The lowest BCUT2D eigenvalue weighted by atomic mass is 10.2. The van der Waals surface area contributed by atoms with Crippen LogP contribution < -0.4 is 9.64 Å². The van der Waals surface area contributed by atoms with Crippen LogP contribution in [0.15, 0.2) is 24.3 Å². The quantitative estimate of drug-likeness (QED) is 0.837. The molecule has 0 spiro atoms. The van der Waals surface area contributed by atoms with Gasteiger partial charge in [0, 0.05) is 39.3 Å². The van der Waals surface area contributed by atoms with E-state index in [1.165, 1.54) is 0 Å². The molecular formula is C16H27N3O2. The molecule has 21 heavy (non-hydrogen) atoms. The van der Waals surface area contributed by atoms with Crippen LogP contribution in [-0.4, -0.2) is 81.5 Å². The number of benzene rings is 1. The minimum Gasteiger partial charge on any atom is -0.495 e. The molecule has 0 aliphatic carbocycles. The molecule has 0 bridgehead atoms. The van der Waals surface area contributed by atoms with Crippen LogP contribution in [0.4, 0.5) is 5.69 Å². The molecule has 1 atom stereocenters. The summed E-state index contributed by atoms with van der Waals surface area (Å²) in [6.45, 7) is 5.35. The number of rotatable bonds is 6. The number of nitrogens with zero attached hydrogens (tertiary/aromatic N) is 3. The maximum absolute atomic E-state index is 10.0.